The van der Waals surface area contributed by atoms with E-state index in [4.69, 9.17) is 0 Å². The van der Waals surface area contributed by atoms with Crippen molar-refractivity contribution < 1.29 is 0 Å². The number of rotatable bonds is 2. The number of nitrogens with one attached hydrogen (secondary N) is 1. The van der Waals surface area contributed by atoms with Crippen LogP contribution in [0.25, 0.3) is 0 Å². The van der Waals surface area contributed by atoms with Crippen molar-refractivity contribution in [3.05, 3.63) is 35.4 Å². The van der Waals surface area contributed by atoms with Crippen LogP contribution in [0.15, 0.2) is 24.3 Å². The van der Waals surface area contributed by atoms with Crippen LogP contribution >= 0.6 is 0 Å². The lowest BCUT2D eigenvalue weighted by Crippen LogP contribution is -2.48. The highest BCUT2D eigenvalue weighted by molar-refractivity contribution is 5.29. The normalized spacial score (nSPS) is 32.0. The van der Waals surface area contributed by atoms with Crippen molar-refractivity contribution in [2.45, 2.75) is 39.3 Å². The molecule has 0 radical (unpaired) electrons. The monoisotopic (exact) mass is 258 g/mol. The van der Waals surface area contributed by atoms with E-state index in [2.05, 4.69) is 48.3 Å². The van der Waals surface area contributed by atoms with Crippen LogP contribution in [-0.4, -0.2) is 30.6 Å². The van der Waals surface area contributed by atoms with E-state index in [0.717, 1.165) is 18.4 Å². The molecule has 1 saturated heterocycles. The molecule has 1 aromatic rings. The van der Waals surface area contributed by atoms with E-state index in [1.54, 1.807) is 5.56 Å². The third-order valence-corrected chi connectivity index (χ3v) is 5.06. The van der Waals surface area contributed by atoms with Crippen LogP contribution < -0.4 is 5.32 Å². The summed E-state index contributed by atoms with van der Waals surface area (Å²) in [5, 5.41) is 3.71. The summed E-state index contributed by atoms with van der Waals surface area (Å²) in [5.74, 6) is 1.75. The first-order valence-corrected chi connectivity index (χ1v) is 7.75. The van der Waals surface area contributed by atoms with Crippen molar-refractivity contribution in [1.82, 2.24) is 10.2 Å². The Balaban J connectivity index is 1.57. The summed E-state index contributed by atoms with van der Waals surface area (Å²) in [7, 11) is 0. The summed E-state index contributed by atoms with van der Waals surface area (Å²) >= 11 is 0. The quantitative estimate of drug-likeness (QED) is 0.877. The highest BCUT2D eigenvalue weighted by Gasteiger charge is 2.26. The maximum atomic E-state index is 3.71. The molecule has 0 spiro atoms. The van der Waals surface area contributed by atoms with Gasteiger partial charge in [-0.2, -0.15) is 0 Å². The van der Waals surface area contributed by atoms with Gasteiger partial charge in [0.25, 0.3) is 0 Å². The molecule has 0 bridgehead atoms. The van der Waals surface area contributed by atoms with Crippen LogP contribution in [0, 0.1) is 11.8 Å². The number of piperidine rings is 1. The number of likely N-dealkylation sites (tertiary alicyclic amines) is 1. The highest BCUT2D eigenvalue weighted by Crippen LogP contribution is 2.23. The summed E-state index contributed by atoms with van der Waals surface area (Å²) in [6.45, 7) is 9.62. The molecule has 104 valence electrons. The molecule has 19 heavy (non-hydrogen) atoms. The van der Waals surface area contributed by atoms with Crippen LogP contribution in [0.2, 0.25) is 0 Å². The van der Waals surface area contributed by atoms with E-state index in [9.17, 15) is 0 Å². The SMILES string of the molecule is CC1CCN(CC2Cc3ccccc3CN2)CC1C. The van der Waals surface area contributed by atoms with Gasteiger partial charge < -0.3 is 10.2 Å². The van der Waals surface area contributed by atoms with Crippen LogP contribution in [0.3, 0.4) is 0 Å². The number of fused-ring (bicyclic) bond motifs is 1. The fourth-order valence-electron chi connectivity index (χ4n) is 3.48. The predicted molar refractivity (Wildman–Crippen MR) is 80.2 cm³/mol. The van der Waals surface area contributed by atoms with E-state index < -0.39 is 0 Å². The lowest BCUT2D eigenvalue weighted by molar-refractivity contribution is 0.125. The second kappa shape index (κ2) is 5.64. The standard InChI is InChI=1S/C17H26N2/c1-13-7-8-19(11-14(13)2)12-17-9-15-5-3-4-6-16(15)10-18-17/h3-6,13-14,17-18H,7-12H2,1-2H3. The zero-order valence-electron chi connectivity index (χ0n) is 12.2. The zero-order valence-corrected chi connectivity index (χ0v) is 12.2. The van der Waals surface area contributed by atoms with Gasteiger partial charge in [0.1, 0.15) is 0 Å². The molecule has 0 aliphatic carbocycles. The molecule has 1 aromatic carbocycles. The lowest BCUT2D eigenvalue weighted by Gasteiger charge is -2.38. The number of nitrogens with zero attached hydrogens (tertiary/aromatic N) is 1. The van der Waals surface area contributed by atoms with Crippen molar-refractivity contribution >= 4 is 0 Å². The van der Waals surface area contributed by atoms with Gasteiger partial charge in [-0.15, -0.1) is 0 Å². The first kappa shape index (κ1) is 13.1. The average Bonchev–Trinajstić information content (AvgIpc) is 2.43. The summed E-state index contributed by atoms with van der Waals surface area (Å²) in [6, 6.07) is 9.50. The second-order valence-electron chi connectivity index (χ2n) is 6.55. The topological polar surface area (TPSA) is 15.3 Å². The maximum absolute atomic E-state index is 3.71. The number of hydrogen-bond donors (Lipinski definition) is 1. The van der Waals surface area contributed by atoms with Gasteiger partial charge in [0.15, 0.2) is 0 Å². The van der Waals surface area contributed by atoms with Crippen molar-refractivity contribution in [3.63, 3.8) is 0 Å². The molecule has 2 aliphatic heterocycles. The lowest BCUT2D eigenvalue weighted by atomic mass is 9.88. The Kier molecular flexibility index (Phi) is 3.90. The molecule has 3 unspecified atom stereocenters. The van der Waals surface area contributed by atoms with Crippen LogP contribution in [0.5, 0.6) is 0 Å². The summed E-state index contributed by atoms with van der Waals surface area (Å²) in [5.41, 5.74) is 3.03. The highest BCUT2D eigenvalue weighted by atomic mass is 15.2. The Morgan fingerprint density at radius 3 is 2.74 bits per heavy atom. The third-order valence-electron chi connectivity index (χ3n) is 5.06. The molecule has 2 aliphatic rings. The molecule has 0 aromatic heterocycles. The molecular weight excluding hydrogens is 232 g/mol. The van der Waals surface area contributed by atoms with Gasteiger partial charge in [0.05, 0.1) is 0 Å². The number of benzene rings is 1. The first-order chi connectivity index (χ1) is 9.22. The van der Waals surface area contributed by atoms with Crippen LogP contribution in [0.1, 0.15) is 31.4 Å². The van der Waals surface area contributed by atoms with E-state index in [1.807, 2.05) is 0 Å². The molecular formula is C17H26N2. The molecule has 3 rings (SSSR count). The van der Waals surface area contributed by atoms with Crippen LogP contribution in [-0.2, 0) is 13.0 Å². The number of hydrogen-bond acceptors (Lipinski definition) is 2. The molecule has 3 atom stereocenters. The molecule has 1 fully saturated rings. The first-order valence-electron chi connectivity index (χ1n) is 7.75. The van der Waals surface area contributed by atoms with E-state index in [1.165, 1.54) is 38.0 Å². The van der Waals surface area contributed by atoms with Crippen molar-refractivity contribution in [2.24, 2.45) is 11.8 Å². The Hall–Kier alpha value is -0.860. The van der Waals surface area contributed by atoms with E-state index >= 15 is 0 Å². The second-order valence-corrected chi connectivity index (χ2v) is 6.55. The molecule has 1 N–H and O–H groups in total. The van der Waals surface area contributed by atoms with Crippen molar-refractivity contribution in [2.75, 3.05) is 19.6 Å². The minimum Gasteiger partial charge on any atom is -0.308 e. The molecule has 2 heterocycles. The third kappa shape index (κ3) is 3.01. The predicted octanol–water partition coefficient (Wildman–Crippen LogP) is 2.68. The maximum Gasteiger partial charge on any atom is 0.0238 e. The minimum absolute atomic E-state index is 0.635. The summed E-state index contributed by atoms with van der Waals surface area (Å²) in [4.78, 5) is 2.66. The Bertz CT molecular complexity index is 429. The Labute approximate surface area is 117 Å². The molecule has 2 nitrogen and oxygen atoms in total. The van der Waals surface area contributed by atoms with Gasteiger partial charge in [0, 0.05) is 25.7 Å². The molecule has 2 heteroatoms. The van der Waals surface area contributed by atoms with E-state index in [0.29, 0.717) is 6.04 Å². The van der Waals surface area contributed by atoms with Gasteiger partial charge in [0.2, 0.25) is 0 Å². The molecule has 0 amide bonds. The van der Waals surface area contributed by atoms with Gasteiger partial charge >= 0.3 is 0 Å². The fourth-order valence-corrected chi connectivity index (χ4v) is 3.48. The summed E-state index contributed by atoms with van der Waals surface area (Å²) in [6.07, 6.45) is 2.56. The fraction of sp³-hybridized carbons (Fsp3) is 0.647. The average molecular weight is 258 g/mol. The van der Waals surface area contributed by atoms with Gasteiger partial charge in [-0.3, -0.25) is 0 Å². The zero-order chi connectivity index (χ0) is 13.2. The smallest absolute Gasteiger partial charge is 0.0238 e. The Morgan fingerprint density at radius 1 is 1.16 bits per heavy atom. The summed E-state index contributed by atoms with van der Waals surface area (Å²) < 4.78 is 0. The van der Waals surface area contributed by atoms with Crippen molar-refractivity contribution in [1.29, 1.82) is 0 Å². The van der Waals surface area contributed by atoms with Gasteiger partial charge in [-0.1, -0.05) is 38.1 Å². The van der Waals surface area contributed by atoms with Crippen LogP contribution in [0.4, 0.5) is 0 Å². The van der Waals surface area contributed by atoms with Crippen molar-refractivity contribution in [3.8, 4) is 0 Å². The van der Waals surface area contributed by atoms with Gasteiger partial charge in [-0.05, 0) is 42.3 Å². The molecule has 0 saturated carbocycles. The largest absolute Gasteiger partial charge is 0.308 e. The van der Waals surface area contributed by atoms with Gasteiger partial charge in [-0.25, -0.2) is 0 Å². The minimum atomic E-state index is 0.635. The Morgan fingerprint density at radius 2 is 1.95 bits per heavy atom. The van der Waals surface area contributed by atoms with E-state index in [-0.39, 0.29) is 0 Å².